The molecule has 2 aliphatic heterocycles. The average Bonchev–Trinajstić information content (AvgIpc) is 2.57. The summed E-state index contributed by atoms with van der Waals surface area (Å²) in [6.45, 7) is 6.86. The summed E-state index contributed by atoms with van der Waals surface area (Å²) in [6.07, 6.45) is 3.39. The van der Waals surface area contributed by atoms with E-state index in [1.165, 1.54) is 31.5 Å². The molecule has 0 unspecified atom stereocenters. The topological polar surface area (TPSA) is 30.0 Å². The van der Waals surface area contributed by atoms with E-state index in [9.17, 15) is 5.11 Å². The highest BCUT2D eigenvalue weighted by Crippen LogP contribution is 2.24. The van der Waals surface area contributed by atoms with Gasteiger partial charge in [0.25, 0.3) is 0 Å². The number of hydrogen-bond acceptors (Lipinski definition) is 4. The lowest BCUT2D eigenvalue weighted by atomic mass is 9.98. The molecule has 3 rings (SSSR count). The predicted molar refractivity (Wildman–Crippen MR) is 99.4 cm³/mol. The van der Waals surface area contributed by atoms with Gasteiger partial charge < -0.3 is 10.0 Å². The normalized spacial score (nSPS) is 25.2. The van der Waals surface area contributed by atoms with E-state index in [4.69, 9.17) is 11.6 Å². The van der Waals surface area contributed by atoms with Crippen molar-refractivity contribution in [1.29, 1.82) is 0 Å². The zero-order valence-electron chi connectivity index (χ0n) is 14.7. The highest BCUT2D eigenvalue weighted by atomic mass is 35.5. The second-order valence-corrected chi connectivity index (χ2v) is 7.74. The third-order valence-corrected chi connectivity index (χ3v) is 5.76. The first-order valence-corrected chi connectivity index (χ1v) is 9.55. The molecule has 2 aliphatic rings. The maximum Gasteiger partial charge on any atom is 0.0446 e. The van der Waals surface area contributed by atoms with E-state index < -0.39 is 0 Å². The van der Waals surface area contributed by atoms with E-state index in [1.54, 1.807) is 0 Å². The quantitative estimate of drug-likeness (QED) is 0.881. The van der Waals surface area contributed by atoms with Crippen LogP contribution in [0.3, 0.4) is 0 Å². The fourth-order valence-electron chi connectivity index (χ4n) is 4.18. The minimum Gasteiger partial charge on any atom is -0.396 e. The van der Waals surface area contributed by atoms with E-state index in [-0.39, 0.29) is 6.61 Å². The van der Waals surface area contributed by atoms with Crippen molar-refractivity contribution in [2.24, 2.45) is 0 Å². The lowest BCUT2D eigenvalue weighted by molar-refractivity contribution is 0.00600. The summed E-state index contributed by atoms with van der Waals surface area (Å²) >= 11 is 6.11. The molecular weight excluding hydrogens is 322 g/mol. The second-order valence-electron chi connectivity index (χ2n) is 7.30. The minimum atomic E-state index is 0.277. The van der Waals surface area contributed by atoms with Crippen LogP contribution in [0.5, 0.6) is 0 Å². The van der Waals surface area contributed by atoms with Crippen molar-refractivity contribution in [3.05, 3.63) is 34.9 Å². The van der Waals surface area contributed by atoms with Gasteiger partial charge in [-0.05, 0) is 57.1 Å². The SMILES string of the molecule is CN1CCC(N2CCN(Cc3cccc(Cl)c3)C[C@H]2CCO)CC1. The van der Waals surface area contributed by atoms with Crippen LogP contribution in [0, 0.1) is 0 Å². The third-order valence-electron chi connectivity index (χ3n) is 5.53. The first-order chi connectivity index (χ1) is 11.7. The number of rotatable bonds is 5. The molecule has 0 spiro atoms. The van der Waals surface area contributed by atoms with Gasteiger partial charge in [0, 0.05) is 49.9 Å². The van der Waals surface area contributed by atoms with E-state index in [1.807, 2.05) is 12.1 Å². The van der Waals surface area contributed by atoms with Gasteiger partial charge >= 0.3 is 0 Å². The number of likely N-dealkylation sites (tertiary alicyclic amines) is 1. The summed E-state index contributed by atoms with van der Waals surface area (Å²) in [5, 5.41) is 10.3. The number of halogens is 1. The highest BCUT2D eigenvalue weighted by Gasteiger charge is 2.32. The molecule has 0 aromatic heterocycles. The molecule has 0 saturated carbocycles. The summed E-state index contributed by atoms with van der Waals surface area (Å²) in [5.41, 5.74) is 1.28. The molecular formula is C19H30ClN3O. The Morgan fingerprint density at radius 3 is 2.67 bits per heavy atom. The van der Waals surface area contributed by atoms with Gasteiger partial charge in [-0.15, -0.1) is 0 Å². The molecule has 2 saturated heterocycles. The summed E-state index contributed by atoms with van der Waals surface area (Å²) in [7, 11) is 2.21. The lowest BCUT2D eigenvalue weighted by Crippen LogP contribution is -2.58. The molecule has 1 aromatic carbocycles. The van der Waals surface area contributed by atoms with Crippen LogP contribution in [-0.4, -0.2) is 78.3 Å². The Kier molecular flexibility index (Phi) is 6.53. The molecule has 0 amide bonds. The minimum absolute atomic E-state index is 0.277. The van der Waals surface area contributed by atoms with Gasteiger partial charge in [-0.1, -0.05) is 23.7 Å². The number of piperidine rings is 1. The van der Waals surface area contributed by atoms with Crippen LogP contribution >= 0.6 is 11.6 Å². The number of piperazine rings is 1. The van der Waals surface area contributed by atoms with Crippen molar-refractivity contribution < 1.29 is 5.11 Å². The monoisotopic (exact) mass is 351 g/mol. The number of nitrogens with zero attached hydrogens (tertiary/aromatic N) is 3. The molecule has 4 nitrogen and oxygen atoms in total. The molecule has 1 N–H and O–H groups in total. The van der Waals surface area contributed by atoms with Crippen LogP contribution in [0.1, 0.15) is 24.8 Å². The van der Waals surface area contributed by atoms with E-state index in [2.05, 4.69) is 33.9 Å². The number of aliphatic hydroxyl groups is 1. The van der Waals surface area contributed by atoms with Crippen LogP contribution in [0.25, 0.3) is 0 Å². The first kappa shape index (κ1) is 18.2. The Morgan fingerprint density at radius 1 is 1.17 bits per heavy atom. The number of aliphatic hydroxyl groups excluding tert-OH is 1. The predicted octanol–water partition coefficient (Wildman–Crippen LogP) is 2.30. The van der Waals surface area contributed by atoms with Crippen molar-refractivity contribution in [2.75, 3.05) is 46.4 Å². The Bertz CT molecular complexity index is 519. The second kappa shape index (κ2) is 8.63. The standard InChI is InChI=1S/C19H30ClN3O/c1-21-8-5-18(6-9-21)23-11-10-22(15-19(23)7-12-24)14-16-3-2-4-17(20)13-16/h2-4,13,18-19,24H,5-12,14-15H2,1H3/t19-/m1/s1. The molecule has 24 heavy (non-hydrogen) atoms. The smallest absolute Gasteiger partial charge is 0.0446 e. The van der Waals surface area contributed by atoms with Crippen molar-refractivity contribution in [1.82, 2.24) is 14.7 Å². The maximum atomic E-state index is 9.52. The van der Waals surface area contributed by atoms with Gasteiger partial charge in [0.2, 0.25) is 0 Å². The molecule has 2 heterocycles. The molecule has 1 atom stereocenters. The molecule has 2 fully saturated rings. The fourth-order valence-corrected chi connectivity index (χ4v) is 4.40. The van der Waals surface area contributed by atoms with Crippen molar-refractivity contribution in [2.45, 2.75) is 37.9 Å². The average molecular weight is 352 g/mol. The molecule has 1 aromatic rings. The Morgan fingerprint density at radius 2 is 1.96 bits per heavy atom. The summed E-state index contributed by atoms with van der Waals surface area (Å²) < 4.78 is 0. The van der Waals surface area contributed by atoms with Crippen LogP contribution in [0.15, 0.2) is 24.3 Å². The Labute approximate surface area is 151 Å². The summed E-state index contributed by atoms with van der Waals surface area (Å²) in [5.74, 6) is 0. The zero-order valence-corrected chi connectivity index (χ0v) is 15.5. The largest absolute Gasteiger partial charge is 0.396 e. The van der Waals surface area contributed by atoms with Crippen molar-refractivity contribution in [3.63, 3.8) is 0 Å². The number of hydrogen-bond donors (Lipinski definition) is 1. The summed E-state index contributed by atoms with van der Waals surface area (Å²) in [6, 6.07) is 9.32. The van der Waals surface area contributed by atoms with Gasteiger partial charge in [0.05, 0.1) is 0 Å². The molecule has 5 heteroatoms. The molecule has 134 valence electrons. The van der Waals surface area contributed by atoms with Gasteiger partial charge in [-0.2, -0.15) is 0 Å². The van der Waals surface area contributed by atoms with Crippen molar-refractivity contribution >= 4 is 11.6 Å². The lowest BCUT2D eigenvalue weighted by Gasteiger charge is -2.47. The van der Waals surface area contributed by atoms with Crippen LogP contribution in [0.4, 0.5) is 0 Å². The highest BCUT2D eigenvalue weighted by molar-refractivity contribution is 6.30. The van der Waals surface area contributed by atoms with Gasteiger partial charge in [0.1, 0.15) is 0 Å². The molecule has 0 radical (unpaired) electrons. The first-order valence-electron chi connectivity index (χ1n) is 9.17. The van der Waals surface area contributed by atoms with Gasteiger partial charge in [0.15, 0.2) is 0 Å². The van der Waals surface area contributed by atoms with E-state index >= 15 is 0 Å². The van der Waals surface area contributed by atoms with Crippen molar-refractivity contribution in [3.8, 4) is 0 Å². The Hall–Kier alpha value is -0.650. The van der Waals surface area contributed by atoms with E-state index in [0.717, 1.165) is 37.6 Å². The molecule has 0 bridgehead atoms. The zero-order chi connectivity index (χ0) is 16.9. The summed E-state index contributed by atoms with van der Waals surface area (Å²) in [4.78, 5) is 7.61. The Balaban J connectivity index is 1.60. The fraction of sp³-hybridized carbons (Fsp3) is 0.684. The van der Waals surface area contributed by atoms with Crippen LogP contribution in [0.2, 0.25) is 5.02 Å². The van der Waals surface area contributed by atoms with Crippen LogP contribution < -0.4 is 0 Å². The van der Waals surface area contributed by atoms with Crippen LogP contribution in [-0.2, 0) is 6.54 Å². The maximum absolute atomic E-state index is 9.52. The molecule has 0 aliphatic carbocycles. The number of benzene rings is 1. The van der Waals surface area contributed by atoms with E-state index in [0.29, 0.717) is 12.1 Å². The van der Waals surface area contributed by atoms with Gasteiger partial charge in [-0.3, -0.25) is 9.80 Å². The third kappa shape index (κ3) is 4.70. The van der Waals surface area contributed by atoms with Gasteiger partial charge in [-0.25, -0.2) is 0 Å².